The molecule has 0 aromatic rings. The lowest BCUT2D eigenvalue weighted by molar-refractivity contribution is -0.0336. The molecule has 4 aliphatic rings. The monoisotopic (exact) mass is 400 g/mol. The van der Waals surface area contributed by atoms with Gasteiger partial charge in [0.2, 0.25) is 0 Å². The van der Waals surface area contributed by atoms with Crippen LogP contribution in [0.15, 0.2) is 11.1 Å². The summed E-state index contributed by atoms with van der Waals surface area (Å²) in [6.45, 7) is 14.9. The summed E-state index contributed by atoms with van der Waals surface area (Å²) in [7, 11) is 0. The van der Waals surface area contributed by atoms with Crippen LogP contribution >= 0.6 is 0 Å². The predicted octanol–water partition coefficient (Wildman–Crippen LogP) is 7.78. The van der Waals surface area contributed by atoms with Crippen LogP contribution < -0.4 is 0 Å². The van der Waals surface area contributed by atoms with Crippen molar-refractivity contribution >= 4 is 0 Å². The van der Waals surface area contributed by atoms with E-state index in [1.165, 1.54) is 64.2 Å². The van der Waals surface area contributed by atoms with Gasteiger partial charge in [-0.15, -0.1) is 0 Å². The Balaban J connectivity index is 1.54. The number of allylic oxidation sites excluding steroid dienone is 2. The zero-order chi connectivity index (χ0) is 21.0. The van der Waals surface area contributed by atoms with E-state index in [9.17, 15) is 5.11 Å². The number of aliphatic hydroxyl groups is 1. The van der Waals surface area contributed by atoms with Gasteiger partial charge in [-0.1, -0.05) is 72.0 Å². The van der Waals surface area contributed by atoms with Crippen molar-refractivity contribution in [3.8, 4) is 0 Å². The molecule has 0 amide bonds. The molecule has 1 N–H and O–H groups in total. The molecule has 1 nitrogen and oxygen atoms in total. The summed E-state index contributed by atoms with van der Waals surface area (Å²) in [5, 5.41) is 10.5. The highest BCUT2D eigenvalue weighted by Crippen LogP contribution is 2.66. The number of hydrogen-bond donors (Lipinski definition) is 1. The van der Waals surface area contributed by atoms with Gasteiger partial charge in [-0.2, -0.15) is 0 Å². The van der Waals surface area contributed by atoms with Crippen LogP contribution in [0, 0.1) is 46.3 Å². The molecule has 0 heterocycles. The summed E-state index contributed by atoms with van der Waals surface area (Å²) in [4.78, 5) is 0. The molecule has 0 bridgehead atoms. The second kappa shape index (κ2) is 7.99. The zero-order valence-corrected chi connectivity index (χ0v) is 20.3. The number of aliphatic hydroxyl groups excluding tert-OH is 1. The lowest BCUT2D eigenvalue weighted by Crippen LogP contribution is -2.49. The fourth-order valence-electron chi connectivity index (χ4n) is 8.93. The number of hydrogen-bond acceptors (Lipinski definition) is 1. The Kier molecular flexibility index (Phi) is 6.04. The molecule has 8 atom stereocenters. The van der Waals surface area contributed by atoms with Crippen LogP contribution in [0.2, 0.25) is 0 Å². The number of fused-ring (bicyclic) bond motifs is 4. The van der Waals surface area contributed by atoms with Crippen LogP contribution in [0.1, 0.15) is 112 Å². The minimum atomic E-state index is -0.0633. The van der Waals surface area contributed by atoms with E-state index in [2.05, 4.69) is 41.5 Å². The lowest BCUT2D eigenvalue weighted by Gasteiger charge is -2.56. The summed E-state index contributed by atoms with van der Waals surface area (Å²) >= 11 is 0. The molecule has 29 heavy (non-hydrogen) atoms. The van der Waals surface area contributed by atoms with E-state index in [0.29, 0.717) is 22.7 Å². The van der Waals surface area contributed by atoms with E-state index < -0.39 is 0 Å². The minimum absolute atomic E-state index is 0.0633. The Labute approximate surface area is 181 Å². The van der Waals surface area contributed by atoms with Crippen molar-refractivity contribution in [2.24, 2.45) is 46.3 Å². The van der Waals surface area contributed by atoms with E-state index >= 15 is 0 Å². The van der Waals surface area contributed by atoms with Crippen molar-refractivity contribution < 1.29 is 5.11 Å². The van der Waals surface area contributed by atoms with Gasteiger partial charge in [0.05, 0.1) is 6.10 Å². The van der Waals surface area contributed by atoms with Crippen LogP contribution in [0.25, 0.3) is 0 Å². The maximum Gasteiger partial charge on any atom is 0.0569 e. The van der Waals surface area contributed by atoms with Gasteiger partial charge in [-0.3, -0.25) is 0 Å². The van der Waals surface area contributed by atoms with E-state index in [0.717, 1.165) is 30.1 Å². The summed E-state index contributed by atoms with van der Waals surface area (Å²) in [5.74, 6) is 4.73. The normalized spacial score (nSPS) is 45.7. The van der Waals surface area contributed by atoms with E-state index in [4.69, 9.17) is 0 Å². The molecule has 0 aromatic carbocycles. The van der Waals surface area contributed by atoms with Gasteiger partial charge in [0.1, 0.15) is 0 Å². The molecule has 2 unspecified atom stereocenters. The fourth-order valence-corrected chi connectivity index (χ4v) is 8.93. The van der Waals surface area contributed by atoms with E-state index in [1.54, 1.807) is 0 Å². The molecule has 2 saturated carbocycles. The summed E-state index contributed by atoms with van der Waals surface area (Å²) in [6, 6.07) is 0. The van der Waals surface area contributed by atoms with Gasteiger partial charge >= 0.3 is 0 Å². The molecule has 0 aromatic heterocycles. The van der Waals surface area contributed by atoms with Crippen molar-refractivity contribution in [1.29, 1.82) is 0 Å². The first kappa shape index (κ1) is 21.9. The SMILES string of the molecule is CC(C)CCC[C@@H](C)[C@H]1CC[C@H]2C3=C(CC[C@]12C)[C@@]1(C)CC[C@@H](O)C(C)C1CC3. The minimum Gasteiger partial charge on any atom is -0.393 e. The van der Waals surface area contributed by atoms with Gasteiger partial charge in [0, 0.05) is 0 Å². The van der Waals surface area contributed by atoms with Crippen LogP contribution in [0.3, 0.4) is 0 Å². The highest BCUT2D eigenvalue weighted by molar-refractivity contribution is 5.34. The third-order valence-electron chi connectivity index (χ3n) is 10.7. The maximum absolute atomic E-state index is 10.5. The summed E-state index contributed by atoms with van der Waals surface area (Å²) in [6.07, 6.45) is 14.8. The summed E-state index contributed by atoms with van der Waals surface area (Å²) in [5.41, 5.74) is 4.73. The Hall–Kier alpha value is -0.300. The predicted molar refractivity (Wildman–Crippen MR) is 124 cm³/mol. The first-order chi connectivity index (χ1) is 13.7. The van der Waals surface area contributed by atoms with Crippen LogP contribution in [0.5, 0.6) is 0 Å². The highest BCUT2D eigenvalue weighted by atomic mass is 16.3. The van der Waals surface area contributed by atoms with Gasteiger partial charge < -0.3 is 5.11 Å². The van der Waals surface area contributed by atoms with Gasteiger partial charge in [-0.05, 0) is 97.7 Å². The quantitative estimate of drug-likeness (QED) is 0.467. The molecular weight excluding hydrogens is 352 g/mol. The Morgan fingerprint density at radius 1 is 0.966 bits per heavy atom. The smallest absolute Gasteiger partial charge is 0.0569 e. The largest absolute Gasteiger partial charge is 0.393 e. The fraction of sp³-hybridized carbons (Fsp3) is 0.929. The molecule has 2 fully saturated rings. The molecule has 166 valence electrons. The van der Waals surface area contributed by atoms with E-state index in [1.807, 2.05) is 11.1 Å². The topological polar surface area (TPSA) is 20.2 Å². The molecule has 4 rings (SSSR count). The molecule has 0 radical (unpaired) electrons. The van der Waals surface area contributed by atoms with Crippen LogP contribution in [-0.4, -0.2) is 11.2 Å². The maximum atomic E-state index is 10.5. The van der Waals surface area contributed by atoms with Crippen LogP contribution in [-0.2, 0) is 0 Å². The van der Waals surface area contributed by atoms with Crippen molar-refractivity contribution in [2.45, 2.75) is 118 Å². The first-order valence-corrected chi connectivity index (χ1v) is 13.1. The molecule has 0 saturated heterocycles. The Morgan fingerprint density at radius 3 is 2.45 bits per heavy atom. The second-order valence-electron chi connectivity index (χ2n) is 12.6. The highest BCUT2D eigenvalue weighted by Gasteiger charge is 2.56. The van der Waals surface area contributed by atoms with Crippen molar-refractivity contribution in [2.75, 3.05) is 0 Å². The average molecular weight is 401 g/mol. The molecule has 0 aliphatic heterocycles. The Morgan fingerprint density at radius 2 is 1.72 bits per heavy atom. The Bertz CT molecular complexity index is 632. The van der Waals surface area contributed by atoms with E-state index in [-0.39, 0.29) is 6.10 Å². The molecule has 1 heteroatoms. The lowest BCUT2D eigenvalue weighted by atomic mass is 9.49. The van der Waals surface area contributed by atoms with Crippen molar-refractivity contribution in [3.63, 3.8) is 0 Å². The molecule has 4 aliphatic carbocycles. The molecular formula is C28H48O. The van der Waals surface area contributed by atoms with Crippen molar-refractivity contribution in [1.82, 2.24) is 0 Å². The third-order valence-corrected chi connectivity index (χ3v) is 10.7. The third kappa shape index (κ3) is 3.56. The number of rotatable bonds is 5. The van der Waals surface area contributed by atoms with Gasteiger partial charge in [-0.25, -0.2) is 0 Å². The molecule has 0 spiro atoms. The first-order valence-electron chi connectivity index (χ1n) is 13.1. The summed E-state index contributed by atoms with van der Waals surface area (Å²) < 4.78 is 0. The average Bonchev–Trinajstić information content (AvgIpc) is 3.02. The standard InChI is InChI=1S/C28H48O/c1-18(2)8-7-9-19(3)22-12-13-24-21-10-11-23-20(4)26(29)15-17-28(23,6)25(21)14-16-27(22,24)5/h18-20,22-24,26,29H,7-17H2,1-6H3/t19-,20?,22-,23?,24+,26-,27-,28+/m1/s1. The zero-order valence-electron chi connectivity index (χ0n) is 20.3. The second-order valence-corrected chi connectivity index (χ2v) is 12.6. The van der Waals surface area contributed by atoms with Crippen LogP contribution in [0.4, 0.5) is 0 Å². The van der Waals surface area contributed by atoms with Crippen molar-refractivity contribution in [3.05, 3.63) is 11.1 Å². The van der Waals surface area contributed by atoms with Gasteiger partial charge in [0.15, 0.2) is 0 Å². The van der Waals surface area contributed by atoms with Gasteiger partial charge in [0.25, 0.3) is 0 Å².